The van der Waals surface area contributed by atoms with E-state index in [0.29, 0.717) is 30.0 Å². The number of hydrogen-bond acceptors (Lipinski definition) is 6. The third-order valence-corrected chi connectivity index (χ3v) is 7.86. The molecule has 0 saturated carbocycles. The van der Waals surface area contributed by atoms with Gasteiger partial charge in [0.05, 0.1) is 52.7 Å². The third-order valence-electron chi connectivity index (χ3n) is 7.28. The number of hydrogen-bond donors (Lipinski definition) is 3. The highest BCUT2D eigenvalue weighted by Crippen LogP contribution is 2.40. The van der Waals surface area contributed by atoms with Gasteiger partial charge < -0.3 is 25.0 Å². The van der Waals surface area contributed by atoms with Crippen LogP contribution in [-0.4, -0.2) is 73.5 Å². The van der Waals surface area contributed by atoms with Crippen molar-refractivity contribution in [2.24, 2.45) is 0 Å². The molecule has 3 aromatic heterocycles. The maximum atomic E-state index is 13.3. The number of pyridine rings is 1. The fraction of sp³-hybridized carbons (Fsp3) is 0.379. The molecule has 216 valence electrons. The molecule has 1 fully saturated rings. The first-order chi connectivity index (χ1) is 19.5. The number of rotatable bonds is 7. The Labute approximate surface area is 246 Å². The summed E-state index contributed by atoms with van der Waals surface area (Å²) in [4.78, 5) is 36.9. The molecule has 0 bridgehead atoms. The standard InChI is InChI=1S/C29H34BrN7O4/c1-29(2,3)37(28(39)40)20-6-5-11-35(17-20)25-22(30)13-31-26-24(25)23(14-32-26)34-27(38)19-12-33-36(16-19)15-18-7-9-21(41-4)10-8-18/h7-10,12-14,16,20H,5-6,11,15,17H2,1-4H3,(H,31,32)(H,34,38)(H,39,40)/t20-/m1/s1. The van der Waals surface area contributed by atoms with Gasteiger partial charge in [0.15, 0.2) is 0 Å². The molecule has 12 heteroatoms. The van der Waals surface area contributed by atoms with E-state index >= 15 is 0 Å². The largest absolute Gasteiger partial charge is 0.497 e. The number of nitrogens with one attached hydrogen (secondary N) is 2. The van der Waals surface area contributed by atoms with Crippen LogP contribution in [0.3, 0.4) is 0 Å². The molecule has 2 amide bonds. The first-order valence-corrected chi connectivity index (χ1v) is 14.2. The summed E-state index contributed by atoms with van der Waals surface area (Å²) in [6.45, 7) is 7.54. The lowest BCUT2D eigenvalue weighted by Gasteiger charge is -2.45. The van der Waals surface area contributed by atoms with Crippen LogP contribution in [-0.2, 0) is 6.54 Å². The molecule has 5 rings (SSSR count). The second kappa shape index (κ2) is 11.4. The zero-order valence-electron chi connectivity index (χ0n) is 23.5. The van der Waals surface area contributed by atoms with E-state index in [1.165, 1.54) is 0 Å². The lowest BCUT2D eigenvalue weighted by atomic mass is 9.97. The molecule has 1 aliphatic rings. The van der Waals surface area contributed by atoms with Gasteiger partial charge in [-0.25, -0.2) is 9.78 Å². The smallest absolute Gasteiger partial charge is 0.408 e. The van der Waals surface area contributed by atoms with Gasteiger partial charge in [0.25, 0.3) is 5.91 Å². The van der Waals surface area contributed by atoms with Crippen molar-refractivity contribution in [2.45, 2.75) is 51.7 Å². The summed E-state index contributed by atoms with van der Waals surface area (Å²) in [6, 6.07) is 7.52. The fourth-order valence-electron chi connectivity index (χ4n) is 5.50. The molecular formula is C29H34BrN7O4. The average Bonchev–Trinajstić information content (AvgIpc) is 3.55. The lowest BCUT2D eigenvalue weighted by Crippen LogP contribution is -2.56. The fourth-order valence-corrected chi connectivity index (χ4v) is 6.05. The lowest BCUT2D eigenvalue weighted by molar-refractivity contribution is 0.0648. The SMILES string of the molecule is COc1ccc(Cn2cc(C(=O)Nc3c[nH]c4ncc(Br)c(N5CCC[C@@H](N(C(=O)O)C(C)(C)C)C5)c34)cn2)cc1. The molecule has 4 heterocycles. The Kier molecular flexibility index (Phi) is 7.94. The van der Waals surface area contributed by atoms with Crippen LogP contribution >= 0.6 is 15.9 Å². The van der Waals surface area contributed by atoms with Crippen LogP contribution in [0, 0.1) is 0 Å². The monoisotopic (exact) mass is 623 g/mol. The molecule has 1 aromatic carbocycles. The molecule has 0 unspecified atom stereocenters. The number of fused-ring (bicyclic) bond motifs is 1. The number of piperidine rings is 1. The summed E-state index contributed by atoms with van der Waals surface area (Å²) in [5, 5.41) is 18.1. The summed E-state index contributed by atoms with van der Waals surface area (Å²) in [7, 11) is 1.63. The number of carboxylic acid groups (broad SMARTS) is 1. The minimum Gasteiger partial charge on any atom is -0.497 e. The van der Waals surface area contributed by atoms with Crippen LogP contribution in [0.4, 0.5) is 16.2 Å². The number of H-pyrrole nitrogens is 1. The maximum absolute atomic E-state index is 13.3. The summed E-state index contributed by atoms with van der Waals surface area (Å²) in [5.41, 5.74) is 3.01. The number of amides is 2. The number of halogens is 1. The summed E-state index contributed by atoms with van der Waals surface area (Å²) in [5.74, 6) is 0.487. The van der Waals surface area contributed by atoms with E-state index in [4.69, 9.17) is 4.74 Å². The van der Waals surface area contributed by atoms with Crippen molar-refractivity contribution in [1.29, 1.82) is 0 Å². The Morgan fingerprint density at radius 2 is 2.00 bits per heavy atom. The van der Waals surface area contributed by atoms with Gasteiger partial charge in [-0.1, -0.05) is 12.1 Å². The topological polar surface area (TPSA) is 129 Å². The van der Waals surface area contributed by atoms with Gasteiger partial charge in [0.1, 0.15) is 11.4 Å². The first kappa shape index (κ1) is 28.5. The summed E-state index contributed by atoms with van der Waals surface area (Å²) in [6.07, 6.45) is 7.41. The quantitative estimate of drug-likeness (QED) is 0.245. The normalized spacial score (nSPS) is 15.6. The average molecular weight is 625 g/mol. The Morgan fingerprint density at radius 1 is 1.24 bits per heavy atom. The van der Waals surface area contributed by atoms with Gasteiger partial charge in [0, 0.05) is 37.2 Å². The molecule has 11 nitrogen and oxygen atoms in total. The second-order valence-corrected chi connectivity index (χ2v) is 12.0. The summed E-state index contributed by atoms with van der Waals surface area (Å²) < 4.78 is 7.70. The highest BCUT2D eigenvalue weighted by atomic mass is 79.9. The number of carbonyl (C=O) groups excluding carboxylic acids is 1. The van der Waals surface area contributed by atoms with Gasteiger partial charge in [-0.15, -0.1) is 0 Å². The van der Waals surface area contributed by atoms with E-state index < -0.39 is 11.6 Å². The molecule has 1 atom stereocenters. The molecular weight excluding hydrogens is 590 g/mol. The first-order valence-electron chi connectivity index (χ1n) is 13.4. The molecule has 0 spiro atoms. The van der Waals surface area contributed by atoms with Gasteiger partial charge in [0.2, 0.25) is 0 Å². The number of aromatic nitrogens is 4. The number of ether oxygens (including phenoxy) is 1. The van der Waals surface area contributed by atoms with Crippen molar-refractivity contribution < 1.29 is 19.4 Å². The molecule has 41 heavy (non-hydrogen) atoms. The Balaban J connectivity index is 1.38. The van der Waals surface area contributed by atoms with E-state index in [1.807, 2.05) is 45.0 Å². The van der Waals surface area contributed by atoms with Crippen LogP contribution in [0.5, 0.6) is 5.75 Å². The molecule has 1 aliphatic heterocycles. The molecule has 3 N–H and O–H groups in total. The zero-order chi connectivity index (χ0) is 29.3. The number of anilines is 2. The highest BCUT2D eigenvalue weighted by Gasteiger charge is 2.36. The maximum Gasteiger partial charge on any atom is 0.408 e. The van der Waals surface area contributed by atoms with E-state index in [1.54, 1.807) is 41.5 Å². The second-order valence-electron chi connectivity index (χ2n) is 11.2. The van der Waals surface area contributed by atoms with Crippen molar-refractivity contribution in [3.63, 3.8) is 0 Å². The Hall–Kier alpha value is -4.06. The number of carbonyl (C=O) groups is 2. The van der Waals surface area contributed by atoms with Crippen LogP contribution in [0.15, 0.2) is 53.5 Å². The van der Waals surface area contributed by atoms with Crippen LogP contribution in [0.25, 0.3) is 11.0 Å². The van der Waals surface area contributed by atoms with E-state index in [2.05, 4.69) is 41.2 Å². The molecule has 1 saturated heterocycles. The van der Waals surface area contributed by atoms with Crippen molar-refractivity contribution in [1.82, 2.24) is 24.6 Å². The predicted octanol–water partition coefficient (Wildman–Crippen LogP) is 5.58. The van der Waals surface area contributed by atoms with Crippen molar-refractivity contribution in [2.75, 3.05) is 30.4 Å². The van der Waals surface area contributed by atoms with Crippen molar-refractivity contribution in [3.05, 3.63) is 64.7 Å². The third kappa shape index (κ3) is 6.02. The van der Waals surface area contributed by atoms with Crippen molar-refractivity contribution in [3.8, 4) is 5.75 Å². The Bertz CT molecular complexity index is 1560. The van der Waals surface area contributed by atoms with Gasteiger partial charge in [-0.05, 0) is 67.2 Å². The number of methoxy groups -OCH3 is 1. The predicted molar refractivity (Wildman–Crippen MR) is 161 cm³/mol. The zero-order valence-corrected chi connectivity index (χ0v) is 25.1. The van der Waals surface area contributed by atoms with Crippen LogP contribution in [0.2, 0.25) is 0 Å². The molecule has 0 radical (unpaired) electrons. The van der Waals surface area contributed by atoms with E-state index in [0.717, 1.165) is 46.2 Å². The van der Waals surface area contributed by atoms with Gasteiger partial charge >= 0.3 is 6.09 Å². The Morgan fingerprint density at radius 3 is 2.68 bits per heavy atom. The van der Waals surface area contributed by atoms with Crippen molar-refractivity contribution >= 4 is 50.3 Å². The minimum absolute atomic E-state index is 0.176. The van der Waals surface area contributed by atoms with Crippen LogP contribution < -0.4 is 15.0 Å². The number of aromatic amines is 1. The van der Waals surface area contributed by atoms with E-state index in [9.17, 15) is 14.7 Å². The molecule has 4 aromatic rings. The molecule has 0 aliphatic carbocycles. The number of nitrogens with zero attached hydrogens (tertiary/aromatic N) is 5. The minimum atomic E-state index is -0.926. The van der Waals surface area contributed by atoms with Gasteiger partial charge in [-0.2, -0.15) is 5.10 Å². The summed E-state index contributed by atoms with van der Waals surface area (Å²) >= 11 is 3.67. The van der Waals surface area contributed by atoms with Gasteiger partial charge in [-0.3, -0.25) is 14.4 Å². The number of benzene rings is 1. The highest BCUT2D eigenvalue weighted by molar-refractivity contribution is 9.10. The van der Waals surface area contributed by atoms with Crippen LogP contribution in [0.1, 0.15) is 49.5 Å². The van der Waals surface area contributed by atoms with E-state index in [-0.39, 0.29) is 11.9 Å².